The summed E-state index contributed by atoms with van der Waals surface area (Å²) in [5, 5.41) is 2.76. The Morgan fingerprint density at radius 3 is 2.41 bits per heavy atom. The van der Waals surface area contributed by atoms with Gasteiger partial charge in [0.25, 0.3) is 5.91 Å². The number of para-hydroxylation sites is 2. The normalized spacial score (nSPS) is 11.5. The molecule has 34 heavy (non-hydrogen) atoms. The summed E-state index contributed by atoms with van der Waals surface area (Å²) in [7, 11) is 0. The van der Waals surface area contributed by atoms with E-state index in [1.54, 1.807) is 0 Å². The van der Waals surface area contributed by atoms with Crippen LogP contribution in [0.2, 0.25) is 0 Å². The summed E-state index contributed by atoms with van der Waals surface area (Å²) in [5.74, 6) is 1.15. The van der Waals surface area contributed by atoms with Crippen molar-refractivity contribution in [2.24, 2.45) is 0 Å². The third-order valence-electron chi connectivity index (χ3n) is 5.45. The zero-order valence-electron chi connectivity index (χ0n) is 18.6. The number of halogens is 3. The molecule has 0 spiro atoms. The number of alkyl halides is 3. The van der Waals surface area contributed by atoms with Gasteiger partial charge < -0.3 is 14.6 Å². The number of aromatic nitrogens is 2. The lowest BCUT2D eigenvalue weighted by Gasteiger charge is -2.12. The standard InChI is InChI=1S/C26H24F3N3O2/c1-18-6-12-21(13-7-18)34-17-16-32-23-5-3-2-4-22(23)31-24(32)14-15-30-25(33)19-8-10-20(11-9-19)26(27,28)29/h2-13H,14-17H2,1H3,(H,30,33). The van der Waals surface area contributed by atoms with Gasteiger partial charge in [-0.2, -0.15) is 13.2 Å². The molecule has 0 saturated carbocycles. The topological polar surface area (TPSA) is 56.1 Å². The number of aryl methyl sites for hydroxylation is 1. The largest absolute Gasteiger partial charge is 0.492 e. The van der Waals surface area contributed by atoms with Gasteiger partial charge in [0.15, 0.2) is 0 Å². The minimum Gasteiger partial charge on any atom is -0.492 e. The maximum atomic E-state index is 12.7. The Hall–Kier alpha value is -3.81. The number of benzene rings is 3. The van der Waals surface area contributed by atoms with Gasteiger partial charge in [0.2, 0.25) is 0 Å². The van der Waals surface area contributed by atoms with Gasteiger partial charge in [-0.3, -0.25) is 4.79 Å². The average molecular weight is 467 g/mol. The van der Waals surface area contributed by atoms with Gasteiger partial charge in [-0.1, -0.05) is 29.8 Å². The molecule has 0 radical (unpaired) electrons. The van der Waals surface area contributed by atoms with E-state index in [0.717, 1.165) is 40.3 Å². The lowest BCUT2D eigenvalue weighted by atomic mass is 10.1. The Kier molecular flexibility index (Phi) is 6.86. The molecule has 0 bridgehead atoms. The zero-order valence-corrected chi connectivity index (χ0v) is 18.6. The van der Waals surface area contributed by atoms with Gasteiger partial charge >= 0.3 is 6.18 Å². The number of nitrogens with zero attached hydrogens (tertiary/aromatic N) is 2. The number of hydrogen-bond donors (Lipinski definition) is 1. The minimum atomic E-state index is -4.43. The van der Waals surface area contributed by atoms with Crippen LogP contribution < -0.4 is 10.1 Å². The van der Waals surface area contributed by atoms with Gasteiger partial charge in [-0.25, -0.2) is 4.98 Å². The first-order valence-electron chi connectivity index (χ1n) is 10.9. The van der Waals surface area contributed by atoms with E-state index in [-0.39, 0.29) is 5.56 Å². The molecule has 3 aromatic carbocycles. The molecule has 1 heterocycles. The predicted molar refractivity (Wildman–Crippen MR) is 124 cm³/mol. The number of fused-ring (bicyclic) bond motifs is 1. The molecule has 1 aromatic heterocycles. The van der Waals surface area contributed by atoms with Crippen molar-refractivity contribution in [1.29, 1.82) is 0 Å². The summed E-state index contributed by atoms with van der Waals surface area (Å²) in [6, 6.07) is 19.8. The second kappa shape index (κ2) is 9.99. The molecule has 0 aliphatic rings. The first kappa shape index (κ1) is 23.4. The van der Waals surface area contributed by atoms with Gasteiger partial charge in [0.05, 0.1) is 23.1 Å². The van der Waals surface area contributed by atoms with Crippen molar-refractivity contribution < 1.29 is 22.7 Å². The summed E-state index contributed by atoms with van der Waals surface area (Å²) in [6.07, 6.45) is -3.97. The first-order chi connectivity index (χ1) is 16.3. The number of imidazole rings is 1. The highest BCUT2D eigenvalue weighted by atomic mass is 19.4. The highest BCUT2D eigenvalue weighted by molar-refractivity contribution is 5.94. The van der Waals surface area contributed by atoms with E-state index >= 15 is 0 Å². The van der Waals surface area contributed by atoms with Crippen LogP contribution in [0.25, 0.3) is 11.0 Å². The lowest BCUT2D eigenvalue weighted by Crippen LogP contribution is -2.26. The average Bonchev–Trinajstić information content (AvgIpc) is 3.17. The van der Waals surface area contributed by atoms with Crippen molar-refractivity contribution in [3.05, 3.63) is 95.3 Å². The van der Waals surface area contributed by atoms with E-state index in [2.05, 4.69) is 14.9 Å². The molecule has 0 aliphatic carbocycles. The molecule has 0 unspecified atom stereocenters. The van der Waals surface area contributed by atoms with Gasteiger partial charge in [-0.15, -0.1) is 0 Å². The number of carbonyl (C=O) groups excluding carboxylic acids is 1. The summed E-state index contributed by atoms with van der Waals surface area (Å²) in [4.78, 5) is 17.1. The molecule has 5 nitrogen and oxygen atoms in total. The number of hydrogen-bond acceptors (Lipinski definition) is 3. The third kappa shape index (κ3) is 5.57. The SMILES string of the molecule is Cc1ccc(OCCn2c(CCNC(=O)c3ccc(C(F)(F)F)cc3)nc3ccccc32)cc1. The highest BCUT2D eigenvalue weighted by Gasteiger charge is 2.30. The molecular weight excluding hydrogens is 443 g/mol. The van der Waals surface area contributed by atoms with Crippen LogP contribution in [0.1, 0.15) is 27.3 Å². The Labute approximate surface area is 195 Å². The second-order valence-corrected chi connectivity index (χ2v) is 7.91. The maximum Gasteiger partial charge on any atom is 0.416 e. The van der Waals surface area contributed by atoms with Crippen LogP contribution in [0.4, 0.5) is 13.2 Å². The third-order valence-corrected chi connectivity index (χ3v) is 5.45. The fourth-order valence-corrected chi connectivity index (χ4v) is 3.66. The molecule has 0 saturated heterocycles. The fourth-order valence-electron chi connectivity index (χ4n) is 3.66. The van der Waals surface area contributed by atoms with Crippen LogP contribution in [0.3, 0.4) is 0 Å². The molecule has 8 heteroatoms. The van der Waals surface area contributed by atoms with Crippen LogP contribution in [-0.2, 0) is 19.1 Å². The summed E-state index contributed by atoms with van der Waals surface area (Å²) in [6.45, 7) is 3.34. The van der Waals surface area contributed by atoms with Crippen LogP contribution in [-0.4, -0.2) is 28.6 Å². The molecule has 0 fully saturated rings. The zero-order chi connectivity index (χ0) is 24.1. The predicted octanol–water partition coefficient (Wildman–Crippen LogP) is 5.42. The van der Waals surface area contributed by atoms with Crippen molar-refractivity contribution in [2.45, 2.75) is 26.1 Å². The molecule has 4 rings (SSSR count). The number of ether oxygens (including phenoxy) is 1. The van der Waals surface area contributed by atoms with Crippen molar-refractivity contribution in [2.75, 3.05) is 13.2 Å². The van der Waals surface area contributed by atoms with Crippen LogP contribution in [0.15, 0.2) is 72.8 Å². The maximum absolute atomic E-state index is 12.7. The molecule has 0 atom stereocenters. The fraction of sp³-hybridized carbons (Fsp3) is 0.231. The van der Waals surface area contributed by atoms with Gasteiger partial charge in [0, 0.05) is 18.5 Å². The number of carbonyl (C=O) groups is 1. The van der Waals surface area contributed by atoms with E-state index in [1.807, 2.05) is 55.5 Å². The molecular formula is C26H24F3N3O2. The van der Waals surface area contributed by atoms with E-state index in [9.17, 15) is 18.0 Å². The quantitative estimate of drug-likeness (QED) is 0.377. The lowest BCUT2D eigenvalue weighted by molar-refractivity contribution is -0.137. The van der Waals surface area contributed by atoms with Gasteiger partial charge in [-0.05, 0) is 55.5 Å². The van der Waals surface area contributed by atoms with E-state index in [4.69, 9.17) is 4.74 Å². The van der Waals surface area contributed by atoms with Crippen LogP contribution >= 0.6 is 0 Å². The Morgan fingerprint density at radius 1 is 1.00 bits per heavy atom. The van der Waals surface area contributed by atoms with Crippen molar-refractivity contribution in [3.8, 4) is 5.75 Å². The highest BCUT2D eigenvalue weighted by Crippen LogP contribution is 2.29. The second-order valence-electron chi connectivity index (χ2n) is 7.91. The summed E-state index contributed by atoms with van der Waals surface area (Å²) >= 11 is 0. The number of amides is 1. The van der Waals surface area contributed by atoms with Crippen molar-refractivity contribution in [1.82, 2.24) is 14.9 Å². The first-order valence-corrected chi connectivity index (χ1v) is 10.9. The van der Waals surface area contributed by atoms with Crippen LogP contribution in [0, 0.1) is 6.92 Å². The Bertz CT molecular complexity index is 1260. The van der Waals surface area contributed by atoms with Crippen molar-refractivity contribution >= 4 is 16.9 Å². The molecule has 176 valence electrons. The Balaban J connectivity index is 1.39. The van der Waals surface area contributed by atoms with E-state index < -0.39 is 17.6 Å². The van der Waals surface area contributed by atoms with Crippen molar-refractivity contribution in [3.63, 3.8) is 0 Å². The smallest absolute Gasteiger partial charge is 0.416 e. The summed E-state index contributed by atoms with van der Waals surface area (Å²) < 4.78 is 46.1. The minimum absolute atomic E-state index is 0.174. The molecule has 4 aromatic rings. The number of nitrogens with one attached hydrogen (secondary N) is 1. The monoisotopic (exact) mass is 467 g/mol. The molecule has 1 N–H and O–H groups in total. The van der Waals surface area contributed by atoms with E-state index in [1.165, 1.54) is 12.1 Å². The summed E-state index contributed by atoms with van der Waals surface area (Å²) in [5.41, 5.74) is 2.37. The van der Waals surface area contributed by atoms with Gasteiger partial charge in [0.1, 0.15) is 18.2 Å². The molecule has 1 amide bonds. The number of rotatable bonds is 8. The Morgan fingerprint density at radius 2 is 1.71 bits per heavy atom. The van der Waals surface area contributed by atoms with E-state index in [0.29, 0.717) is 26.1 Å². The molecule has 0 aliphatic heterocycles. The van der Waals surface area contributed by atoms with Crippen LogP contribution in [0.5, 0.6) is 5.75 Å².